The zero-order valence-corrected chi connectivity index (χ0v) is 16.3. The quantitative estimate of drug-likeness (QED) is 0.626. The van der Waals surface area contributed by atoms with Crippen LogP contribution in [0, 0.1) is 11.3 Å². The van der Waals surface area contributed by atoms with Crippen molar-refractivity contribution in [1.82, 2.24) is 10.2 Å². The molecule has 1 N–H and O–H groups in total. The molecule has 0 atom stereocenters. The number of hydrogen-bond acceptors (Lipinski definition) is 6. The molecule has 0 aromatic heterocycles. The predicted octanol–water partition coefficient (Wildman–Crippen LogP) is 1.97. The van der Waals surface area contributed by atoms with Crippen LogP contribution in [0.1, 0.15) is 31.2 Å². The van der Waals surface area contributed by atoms with Crippen molar-refractivity contribution in [2.45, 2.75) is 38.3 Å². The first kappa shape index (κ1) is 20.7. The molecule has 1 aliphatic heterocycles. The van der Waals surface area contributed by atoms with Gasteiger partial charge >= 0.3 is 0 Å². The van der Waals surface area contributed by atoms with Crippen molar-refractivity contribution in [3.8, 4) is 11.8 Å². The summed E-state index contributed by atoms with van der Waals surface area (Å²) in [7, 11) is -2.88. The van der Waals surface area contributed by atoms with E-state index in [4.69, 9.17) is 10.00 Å². The molecular formula is C19H29N3O3S. The van der Waals surface area contributed by atoms with E-state index in [2.05, 4.69) is 22.4 Å². The molecule has 0 saturated carbocycles. The summed E-state index contributed by atoms with van der Waals surface area (Å²) in [6.45, 7) is 3.88. The minimum Gasteiger partial charge on any atom is -0.494 e. The van der Waals surface area contributed by atoms with Gasteiger partial charge in [0.05, 0.1) is 18.4 Å². The van der Waals surface area contributed by atoms with Gasteiger partial charge in [-0.15, -0.1) is 0 Å². The van der Waals surface area contributed by atoms with E-state index in [1.807, 2.05) is 18.2 Å². The fourth-order valence-electron chi connectivity index (χ4n) is 3.00. The van der Waals surface area contributed by atoms with Gasteiger partial charge in [0.1, 0.15) is 15.6 Å². The monoisotopic (exact) mass is 379 g/mol. The number of nitrogens with one attached hydrogen (secondary N) is 1. The number of benzene rings is 1. The van der Waals surface area contributed by atoms with Crippen LogP contribution in [-0.4, -0.2) is 57.6 Å². The van der Waals surface area contributed by atoms with Crippen LogP contribution in [0.3, 0.4) is 0 Å². The molecule has 1 saturated heterocycles. The fraction of sp³-hybridized carbons (Fsp3) is 0.632. The molecule has 1 aromatic rings. The van der Waals surface area contributed by atoms with E-state index in [9.17, 15) is 8.42 Å². The summed E-state index contributed by atoms with van der Waals surface area (Å²) >= 11 is 0. The number of nitriles is 1. The van der Waals surface area contributed by atoms with Gasteiger partial charge in [0.25, 0.3) is 0 Å². The molecule has 2 rings (SSSR count). The van der Waals surface area contributed by atoms with Crippen molar-refractivity contribution >= 4 is 9.84 Å². The number of hydrogen-bond donors (Lipinski definition) is 1. The smallest absolute Gasteiger partial charge is 0.148 e. The van der Waals surface area contributed by atoms with Gasteiger partial charge in [0, 0.05) is 31.8 Å². The third-order valence-electron chi connectivity index (χ3n) is 4.56. The lowest BCUT2D eigenvalue weighted by Gasteiger charge is -2.32. The second-order valence-electron chi connectivity index (χ2n) is 6.88. The van der Waals surface area contributed by atoms with Gasteiger partial charge in [-0.3, -0.25) is 0 Å². The van der Waals surface area contributed by atoms with Crippen LogP contribution in [0.5, 0.6) is 5.75 Å². The number of likely N-dealkylation sites (tertiary alicyclic amines) is 1. The molecule has 1 fully saturated rings. The maximum Gasteiger partial charge on any atom is 0.148 e. The van der Waals surface area contributed by atoms with Gasteiger partial charge < -0.3 is 15.0 Å². The average molecular weight is 380 g/mol. The van der Waals surface area contributed by atoms with Gasteiger partial charge in [-0.1, -0.05) is 12.1 Å². The van der Waals surface area contributed by atoms with Gasteiger partial charge in [-0.25, -0.2) is 8.42 Å². The predicted molar refractivity (Wildman–Crippen MR) is 103 cm³/mol. The highest BCUT2D eigenvalue weighted by molar-refractivity contribution is 7.90. The van der Waals surface area contributed by atoms with E-state index in [1.165, 1.54) is 11.8 Å². The molecule has 0 amide bonds. The standard InChI is InChI=1S/C19H29N3O3S/c1-26(23,24)14-12-22-10-7-18(8-11-22)21-16-17-5-4-6-19(15-17)25-13-3-2-9-20/h4-6,15,18,21H,2-3,7-8,10-14,16H2,1H3. The van der Waals surface area contributed by atoms with Crippen molar-refractivity contribution in [3.63, 3.8) is 0 Å². The Labute approximate surface area is 157 Å². The Hall–Kier alpha value is -1.62. The normalized spacial score (nSPS) is 16.3. The molecular weight excluding hydrogens is 350 g/mol. The highest BCUT2D eigenvalue weighted by atomic mass is 32.2. The lowest BCUT2D eigenvalue weighted by atomic mass is 10.0. The molecule has 0 radical (unpaired) electrons. The van der Waals surface area contributed by atoms with Crippen LogP contribution < -0.4 is 10.1 Å². The van der Waals surface area contributed by atoms with Crippen LogP contribution in [-0.2, 0) is 16.4 Å². The Balaban J connectivity index is 1.69. The van der Waals surface area contributed by atoms with Gasteiger partial charge in [-0.05, 0) is 50.0 Å². The van der Waals surface area contributed by atoms with Gasteiger partial charge in [0.2, 0.25) is 0 Å². The summed E-state index contributed by atoms with van der Waals surface area (Å²) < 4.78 is 28.2. The molecule has 0 unspecified atom stereocenters. The van der Waals surface area contributed by atoms with Crippen LogP contribution in [0.2, 0.25) is 0 Å². The van der Waals surface area contributed by atoms with E-state index in [1.54, 1.807) is 0 Å². The number of nitrogens with zero attached hydrogens (tertiary/aromatic N) is 2. The first-order valence-electron chi connectivity index (χ1n) is 9.18. The molecule has 144 valence electrons. The molecule has 1 aliphatic rings. The Bertz CT molecular complexity index is 692. The van der Waals surface area contributed by atoms with E-state index < -0.39 is 9.84 Å². The van der Waals surface area contributed by atoms with Crippen LogP contribution in [0.15, 0.2) is 24.3 Å². The SMILES string of the molecule is CS(=O)(=O)CCN1CCC(NCc2cccc(OCCCC#N)c2)CC1. The zero-order valence-electron chi connectivity index (χ0n) is 15.5. The van der Waals surface area contributed by atoms with E-state index in [0.29, 0.717) is 25.6 Å². The van der Waals surface area contributed by atoms with E-state index in [0.717, 1.165) is 44.6 Å². The summed E-state index contributed by atoms with van der Waals surface area (Å²) in [5, 5.41) is 12.1. The Morgan fingerprint density at radius 2 is 2.12 bits per heavy atom. The van der Waals surface area contributed by atoms with Gasteiger partial charge in [0.15, 0.2) is 0 Å². The van der Waals surface area contributed by atoms with Gasteiger partial charge in [-0.2, -0.15) is 5.26 Å². The second kappa shape index (κ2) is 10.5. The lowest BCUT2D eigenvalue weighted by molar-refractivity contribution is 0.206. The topological polar surface area (TPSA) is 82.4 Å². The molecule has 26 heavy (non-hydrogen) atoms. The van der Waals surface area contributed by atoms with Crippen molar-refractivity contribution < 1.29 is 13.2 Å². The maximum absolute atomic E-state index is 11.3. The lowest BCUT2D eigenvalue weighted by Crippen LogP contribution is -2.43. The average Bonchev–Trinajstić information content (AvgIpc) is 2.62. The summed E-state index contributed by atoms with van der Waals surface area (Å²) in [6.07, 6.45) is 4.63. The summed E-state index contributed by atoms with van der Waals surface area (Å²) in [4.78, 5) is 2.23. The number of ether oxygens (including phenoxy) is 1. The number of sulfone groups is 1. The largest absolute Gasteiger partial charge is 0.494 e. The number of unbranched alkanes of at least 4 members (excludes halogenated alkanes) is 1. The van der Waals surface area contributed by atoms with Crippen LogP contribution in [0.25, 0.3) is 0 Å². The van der Waals surface area contributed by atoms with Crippen molar-refractivity contribution in [2.75, 3.05) is 38.2 Å². The minimum atomic E-state index is -2.88. The molecule has 1 heterocycles. The third kappa shape index (κ3) is 8.17. The molecule has 1 aromatic carbocycles. The second-order valence-corrected chi connectivity index (χ2v) is 9.14. The maximum atomic E-state index is 11.3. The summed E-state index contributed by atoms with van der Waals surface area (Å²) in [6, 6.07) is 10.6. The highest BCUT2D eigenvalue weighted by Gasteiger charge is 2.19. The van der Waals surface area contributed by atoms with Crippen molar-refractivity contribution in [2.24, 2.45) is 0 Å². The van der Waals surface area contributed by atoms with E-state index >= 15 is 0 Å². The van der Waals surface area contributed by atoms with Crippen LogP contribution >= 0.6 is 0 Å². The number of piperidine rings is 1. The molecule has 0 spiro atoms. The summed E-state index contributed by atoms with van der Waals surface area (Å²) in [5.41, 5.74) is 1.18. The minimum absolute atomic E-state index is 0.242. The third-order valence-corrected chi connectivity index (χ3v) is 5.48. The van der Waals surface area contributed by atoms with Crippen molar-refractivity contribution in [3.05, 3.63) is 29.8 Å². The zero-order chi connectivity index (χ0) is 18.8. The highest BCUT2D eigenvalue weighted by Crippen LogP contribution is 2.15. The molecule has 0 aliphatic carbocycles. The molecule has 0 bridgehead atoms. The Kier molecular flexibility index (Phi) is 8.36. The number of rotatable bonds is 10. The first-order chi connectivity index (χ1) is 12.5. The molecule has 7 heteroatoms. The molecule has 6 nitrogen and oxygen atoms in total. The van der Waals surface area contributed by atoms with Crippen LogP contribution in [0.4, 0.5) is 0 Å². The Morgan fingerprint density at radius 1 is 1.35 bits per heavy atom. The fourth-order valence-corrected chi connectivity index (χ4v) is 3.59. The van der Waals surface area contributed by atoms with E-state index in [-0.39, 0.29) is 5.75 Å². The Morgan fingerprint density at radius 3 is 2.81 bits per heavy atom. The van der Waals surface area contributed by atoms with Crippen molar-refractivity contribution in [1.29, 1.82) is 5.26 Å². The first-order valence-corrected chi connectivity index (χ1v) is 11.2. The summed E-state index contributed by atoms with van der Waals surface area (Å²) in [5.74, 6) is 1.09.